The Morgan fingerprint density at radius 3 is 2.56 bits per heavy atom. The highest BCUT2D eigenvalue weighted by Crippen LogP contribution is 2.18. The molecule has 1 heterocycles. The summed E-state index contributed by atoms with van der Waals surface area (Å²) in [5, 5.41) is 7.33. The lowest BCUT2D eigenvalue weighted by molar-refractivity contribution is -0.128. The van der Waals surface area contributed by atoms with Gasteiger partial charge in [0.1, 0.15) is 5.75 Å². The zero-order chi connectivity index (χ0) is 19.2. The summed E-state index contributed by atoms with van der Waals surface area (Å²) in [6.07, 6.45) is -0.0990. The van der Waals surface area contributed by atoms with Gasteiger partial charge in [0.2, 0.25) is 11.7 Å². The number of amides is 1. The van der Waals surface area contributed by atoms with E-state index in [1.165, 1.54) is 0 Å². The van der Waals surface area contributed by atoms with Gasteiger partial charge in [-0.15, -0.1) is 0 Å². The number of aromatic nitrogens is 2. The first-order valence-electron chi connectivity index (χ1n) is 8.64. The molecule has 140 valence electrons. The van der Waals surface area contributed by atoms with Crippen LogP contribution in [-0.2, 0) is 11.3 Å². The second-order valence-electron chi connectivity index (χ2n) is 6.06. The first-order valence-corrected chi connectivity index (χ1v) is 9.02. The molecule has 1 N–H and O–H groups in total. The number of carbonyl (C=O) groups is 1. The number of hydrogen-bond donors (Lipinski definition) is 1. The van der Waals surface area contributed by atoms with Crippen molar-refractivity contribution in [1.29, 1.82) is 0 Å². The smallest absolute Gasteiger partial charge is 0.261 e. The van der Waals surface area contributed by atoms with E-state index >= 15 is 0 Å². The van der Waals surface area contributed by atoms with E-state index in [1.54, 1.807) is 24.3 Å². The third kappa shape index (κ3) is 5.08. The Balaban J connectivity index is 1.57. The fourth-order valence-corrected chi connectivity index (χ4v) is 2.55. The SMILES string of the molecule is CC[C@@H](Oc1ccc(Cl)cc1)C(=O)NCc1nc(-c2ccc(C)cc2)no1. The lowest BCUT2D eigenvalue weighted by atomic mass is 10.1. The zero-order valence-electron chi connectivity index (χ0n) is 15.1. The Morgan fingerprint density at radius 1 is 1.19 bits per heavy atom. The van der Waals surface area contributed by atoms with Gasteiger partial charge < -0.3 is 14.6 Å². The lowest BCUT2D eigenvalue weighted by Crippen LogP contribution is -2.37. The van der Waals surface area contributed by atoms with Crippen LogP contribution in [0.25, 0.3) is 11.4 Å². The summed E-state index contributed by atoms with van der Waals surface area (Å²) in [6, 6.07) is 14.7. The maximum absolute atomic E-state index is 12.4. The van der Waals surface area contributed by atoms with Crippen LogP contribution in [0.2, 0.25) is 5.02 Å². The fourth-order valence-electron chi connectivity index (χ4n) is 2.42. The van der Waals surface area contributed by atoms with Gasteiger partial charge in [-0.2, -0.15) is 4.98 Å². The van der Waals surface area contributed by atoms with Crippen LogP contribution >= 0.6 is 11.6 Å². The first kappa shape index (κ1) is 18.9. The Hall–Kier alpha value is -2.86. The van der Waals surface area contributed by atoms with Crippen LogP contribution in [0.5, 0.6) is 5.75 Å². The molecule has 0 radical (unpaired) electrons. The molecule has 0 unspecified atom stereocenters. The number of nitrogens with one attached hydrogen (secondary N) is 1. The normalized spacial score (nSPS) is 11.8. The number of rotatable bonds is 7. The van der Waals surface area contributed by atoms with Crippen LogP contribution in [0.15, 0.2) is 53.1 Å². The molecule has 0 saturated carbocycles. The topological polar surface area (TPSA) is 77.2 Å². The van der Waals surface area contributed by atoms with Gasteiger partial charge in [0.15, 0.2) is 6.10 Å². The van der Waals surface area contributed by atoms with E-state index in [2.05, 4.69) is 15.5 Å². The first-order chi connectivity index (χ1) is 13.0. The molecule has 1 amide bonds. The maximum atomic E-state index is 12.4. The molecule has 0 fully saturated rings. The van der Waals surface area contributed by atoms with Crippen molar-refractivity contribution in [3.8, 4) is 17.1 Å². The van der Waals surface area contributed by atoms with Gasteiger partial charge in [-0.05, 0) is 37.6 Å². The zero-order valence-corrected chi connectivity index (χ0v) is 15.9. The van der Waals surface area contributed by atoms with E-state index in [-0.39, 0.29) is 12.5 Å². The largest absolute Gasteiger partial charge is 0.481 e. The molecule has 3 aromatic rings. The monoisotopic (exact) mass is 385 g/mol. The Morgan fingerprint density at radius 2 is 1.89 bits per heavy atom. The summed E-state index contributed by atoms with van der Waals surface area (Å²) in [4.78, 5) is 16.7. The van der Waals surface area contributed by atoms with Crippen molar-refractivity contribution in [1.82, 2.24) is 15.5 Å². The summed E-state index contributed by atoms with van der Waals surface area (Å²) < 4.78 is 10.9. The molecule has 27 heavy (non-hydrogen) atoms. The van der Waals surface area contributed by atoms with Gasteiger partial charge in [-0.25, -0.2) is 0 Å². The minimum absolute atomic E-state index is 0.137. The third-order valence-electron chi connectivity index (χ3n) is 3.95. The summed E-state index contributed by atoms with van der Waals surface area (Å²) in [7, 11) is 0. The number of benzene rings is 2. The number of hydrogen-bond acceptors (Lipinski definition) is 5. The molecule has 3 rings (SSSR count). The van der Waals surface area contributed by atoms with E-state index in [0.29, 0.717) is 28.9 Å². The van der Waals surface area contributed by atoms with Crippen LogP contribution in [0, 0.1) is 6.92 Å². The Labute approximate surface area is 162 Å². The summed E-state index contributed by atoms with van der Waals surface area (Å²) in [5.41, 5.74) is 2.01. The number of halogens is 1. The van der Waals surface area contributed by atoms with Crippen molar-refractivity contribution >= 4 is 17.5 Å². The van der Waals surface area contributed by atoms with E-state index in [0.717, 1.165) is 11.1 Å². The van der Waals surface area contributed by atoms with Crippen LogP contribution in [0.1, 0.15) is 24.8 Å². The Bertz CT molecular complexity index is 892. The second-order valence-corrected chi connectivity index (χ2v) is 6.50. The van der Waals surface area contributed by atoms with Crippen LogP contribution in [-0.4, -0.2) is 22.2 Å². The Kier molecular flexibility index (Phi) is 6.08. The number of carbonyl (C=O) groups excluding carboxylic acids is 1. The highest BCUT2D eigenvalue weighted by atomic mass is 35.5. The van der Waals surface area contributed by atoms with Crippen molar-refractivity contribution < 1.29 is 14.1 Å². The third-order valence-corrected chi connectivity index (χ3v) is 4.20. The van der Waals surface area contributed by atoms with Gasteiger partial charge >= 0.3 is 0 Å². The molecule has 6 nitrogen and oxygen atoms in total. The van der Waals surface area contributed by atoms with Crippen molar-refractivity contribution in [3.05, 3.63) is 65.0 Å². The second kappa shape index (κ2) is 8.68. The molecule has 0 saturated heterocycles. The van der Waals surface area contributed by atoms with Crippen LogP contribution < -0.4 is 10.1 Å². The average molecular weight is 386 g/mol. The van der Waals surface area contributed by atoms with Gasteiger partial charge in [-0.3, -0.25) is 4.79 Å². The number of aryl methyl sites for hydroxylation is 1. The molecule has 0 aliphatic heterocycles. The average Bonchev–Trinajstić information content (AvgIpc) is 3.15. The van der Waals surface area contributed by atoms with E-state index < -0.39 is 6.10 Å². The molecule has 1 atom stereocenters. The predicted molar refractivity (Wildman–Crippen MR) is 102 cm³/mol. The highest BCUT2D eigenvalue weighted by molar-refractivity contribution is 6.30. The fraction of sp³-hybridized carbons (Fsp3) is 0.250. The molecule has 2 aromatic carbocycles. The van der Waals surface area contributed by atoms with Crippen molar-refractivity contribution in [2.45, 2.75) is 32.9 Å². The van der Waals surface area contributed by atoms with Crippen LogP contribution in [0.4, 0.5) is 0 Å². The quantitative estimate of drug-likeness (QED) is 0.660. The molecule has 0 bridgehead atoms. The summed E-state index contributed by atoms with van der Waals surface area (Å²) in [6.45, 7) is 4.03. The maximum Gasteiger partial charge on any atom is 0.261 e. The molecule has 0 aliphatic carbocycles. The summed E-state index contributed by atoms with van der Waals surface area (Å²) >= 11 is 5.86. The van der Waals surface area contributed by atoms with E-state index in [1.807, 2.05) is 38.1 Å². The van der Waals surface area contributed by atoms with Gasteiger partial charge in [0, 0.05) is 10.6 Å². The molecule has 0 aliphatic rings. The standard InChI is InChI=1S/C20H20ClN3O3/c1-3-17(26-16-10-8-15(21)9-11-16)20(25)22-12-18-23-19(24-27-18)14-6-4-13(2)5-7-14/h4-11,17H,3,12H2,1-2H3,(H,22,25)/t17-/m1/s1. The predicted octanol–water partition coefficient (Wildman–Crippen LogP) is 4.17. The highest BCUT2D eigenvalue weighted by Gasteiger charge is 2.19. The summed E-state index contributed by atoms with van der Waals surface area (Å²) in [5.74, 6) is 1.16. The van der Waals surface area contributed by atoms with Gasteiger partial charge in [0.25, 0.3) is 5.91 Å². The van der Waals surface area contributed by atoms with Crippen molar-refractivity contribution in [3.63, 3.8) is 0 Å². The van der Waals surface area contributed by atoms with Gasteiger partial charge in [0.05, 0.1) is 6.54 Å². The van der Waals surface area contributed by atoms with E-state index in [9.17, 15) is 4.79 Å². The molecular formula is C20H20ClN3O3. The van der Waals surface area contributed by atoms with Crippen LogP contribution in [0.3, 0.4) is 0 Å². The van der Waals surface area contributed by atoms with Crippen molar-refractivity contribution in [2.24, 2.45) is 0 Å². The molecule has 0 spiro atoms. The van der Waals surface area contributed by atoms with E-state index in [4.69, 9.17) is 20.9 Å². The molecule has 7 heteroatoms. The van der Waals surface area contributed by atoms with Gasteiger partial charge in [-0.1, -0.05) is 53.5 Å². The number of nitrogens with zero attached hydrogens (tertiary/aromatic N) is 2. The number of ether oxygens (including phenoxy) is 1. The minimum atomic E-state index is -0.620. The molecule has 1 aromatic heterocycles. The van der Waals surface area contributed by atoms with Crippen molar-refractivity contribution in [2.75, 3.05) is 0 Å². The minimum Gasteiger partial charge on any atom is -0.481 e. The lowest BCUT2D eigenvalue weighted by Gasteiger charge is -2.16. The molecular weight excluding hydrogens is 366 g/mol.